The Morgan fingerprint density at radius 2 is 1.84 bits per heavy atom. The lowest BCUT2D eigenvalue weighted by atomic mass is 9.98. The van der Waals surface area contributed by atoms with E-state index < -0.39 is 0 Å². The van der Waals surface area contributed by atoms with Crippen LogP contribution in [0, 0.1) is 6.92 Å². The highest BCUT2D eigenvalue weighted by Gasteiger charge is 2.23. The Hall–Kier alpha value is -3.07. The molecule has 124 valence electrons. The van der Waals surface area contributed by atoms with Crippen LogP contribution in [0.2, 0.25) is 0 Å². The summed E-state index contributed by atoms with van der Waals surface area (Å²) in [6.45, 7) is 3.46. The Labute approximate surface area is 146 Å². The number of hydrogen-bond donors (Lipinski definition) is 0. The molecule has 1 heterocycles. The second-order valence-corrected chi connectivity index (χ2v) is 6.24. The molecule has 0 saturated heterocycles. The SMILES string of the molecule is CC(=O)Oc1cc2ccccc2c2c1OC(c1ccc(C)cc1)C=C2. The van der Waals surface area contributed by atoms with E-state index in [0.717, 1.165) is 21.9 Å². The van der Waals surface area contributed by atoms with E-state index >= 15 is 0 Å². The fourth-order valence-electron chi connectivity index (χ4n) is 3.13. The number of hydrogen-bond acceptors (Lipinski definition) is 3. The fraction of sp³-hybridized carbons (Fsp3) is 0.136. The van der Waals surface area contributed by atoms with Gasteiger partial charge in [-0.05, 0) is 35.4 Å². The van der Waals surface area contributed by atoms with Crippen molar-refractivity contribution in [2.45, 2.75) is 20.0 Å². The van der Waals surface area contributed by atoms with Crippen molar-refractivity contribution in [3.8, 4) is 11.5 Å². The number of carbonyl (C=O) groups excluding carboxylic acids is 1. The predicted molar refractivity (Wildman–Crippen MR) is 98.8 cm³/mol. The molecule has 1 aliphatic rings. The normalized spacial score (nSPS) is 15.5. The molecule has 1 unspecified atom stereocenters. The predicted octanol–water partition coefficient (Wildman–Crippen LogP) is 5.22. The zero-order chi connectivity index (χ0) is 17.4. The van der Waals surface area contributed by atoms with Crippen molar-refractivity contribution in [2.75, 3.05) is 0 Å². The maximum Gasteiger partial charge on any atom is 0.308 e. The Balaban J connectivity index is 1.84. The molecule has 0 amide bonds. The summed E-state index contributed by atoms with van der Waals surface area (Å²) >= 11 is 0. The number of benzene rings is 3. The van der Waals surface area contributed by atoms with Crippen LogP contribution in [0.4, 0.5) is 0 Å². The van der Waals surface area contributed by atoms with Crippen molar-refractivity contribution < 1.29 is 14.3 Å². The molecule has 0 N–H and O–H groups in total. The highest BCUT2D eigenvalue weighted by atomic mass is 16.6. The molecule has 3 aromatic carbocycles. The van der Waals surface area contributed by atoms with Gasteiger partial charge in [0.2, 0.25) is 0 Å². The Morgan fingerprint density at radius 3 is 2.60 bits per heavy atom. The van der Waals surface area contributed by atoms with Crippen molar-refractivity contribution in [3.05, 3.63) is 77.4 Å². The Morgan fingerprint density at radius 1 is 1.08 bits per heavy atom. The summed E-state index contributed by atoms with van der Waals surface area (Å²) in [7, 11) is 0. The maximum absolute atomic E-state index is 11.5. The van der Waals surface area contributed by atoms with Crippen LogP contribution in [-0.4, -0.2) is 5.97 Å². The van der Waals surface area contributed by atoms with Crippen molar-refractivity contribution in [1.82, 2.24) is 0 Å². The van der Waals surface area contributed by atoms with Crippen LogP contribution < -0.4 is 9.47 Å². The number of fused-ring (bicyclic) bond motifs is 3. The van der Waals surface area contributed by atoms with Crippen LogP contribution >= 0.6 is 0 Å². The topological polar surface area (TPSA) is 35.5 Å². The molecule has 3 heteroatoms. The molecular formula is C22H18O3. The van der Waals surface area contributed by atoms with Gasteiger partial charge in [-0.2, -0.15) is 0 Å². The van der Waals surface area contributed by atoms with Crippen molar-refractivity contribution in [3.63, 3.8) is 0 Å². The standard InChI is InChI=1S/C22H18O3/c1-14-7-9-16(10-8-14)20-12-11-19-18-6-4-3-5-17(18)13-21(22(19)25-20)24-15(2)23/h3-13,20H,1-2H3. The van der Waals surface area contributed by atoms with E-state index in [2.05, 4.69) is 37.3 Å². The van der Waals surface area contributed by atoms with Gasteiger partial charge in [-0.15, -0.1) is 0 Å². The van der Waals surface area contributed by atoms with Crippen LogP contribution in [0.5, 0.6) is 11.5 Å². The molecule has 25 heavy (non-hydrogen) atoms. The summed E-state index contributed by atoms with van der Waals surface area (Å²) < 4.78 is 11.7. The molecule has 4 rings (SSSR count). The van der Waals surface area contributed by atoms with E-state index in [9.17, 15) is 4.79 Å². The van der Waals surface area contributed by atoms with Gasteiger partial charge in [0.25, 0.3) is 0 Å². The third-order valence-corrected chi connectivity index (χ3v) is 4.35. The quantitative estimate of drug-likeness (QED) is 0.477. The second kappa shape index (κ2) is 6.10. The monoisotopic (exact) mass is 330 g/mol. The van der Waals surface area contributed by atoms with E-state index in [1.54, 1.807) is 0 Å². The van der Waals surface area contributed by atoms with Crippen molar-refractivity contribution >= 4 is 22.8 Å². The van der Waals surface area contributed by atoms with E-state index in [1.807, 2.05) is 36.4 Å². The molecule has 0 spiro atoms. The molecule has 0 fully saturated rings. The van der Waals surface area contributed by atoms with Gasteiger partial charge >= 0.3 is 5.97 Å². The number of ether oxygens (including phenoxy) is 2. The van der Waals surface area contributed by atoms with Crippen molar-refractivity contribution in [1.29, 1.82) is 0 Å². The fourth-order valence-corrected chi connectivity index (χ4v) is 3.13. The Kier molecular flexibility index (Phi) is 3.77. The zero-order valence-corrected chi connectivity index (χ0v) is 14.2. The molecule has 1 atom stereocenters. The number of carbonyl (C=O) groups is 1. The third kappa shape index (κ3) is 2.89. The number of rotatable bonds is 2. The van der Waals surface area contributed by atoms with Gasteiger partial charge in [-0.25, -0.2) is 0 Å². The first-order valence-electron chi connectivity index (χ1n) is 8.27. The summed E-state index contributed by atoms with van der Waals surface area (Å²) in [6, 6.07) is 18.1. The molecule has 0 bridgehead atoms. The van der Waals surface area contributed by atoms with Gasteiger partial charge in [-0.3, -0.25) is 4.79 Å². The minimum absolute atomic E-state index is 0.205. The van der Waals surface area contributed by atoms with Crippen LogP contribution in [0.1, 0.15) is 29.7 Å². The first kappa shape index (κ1) is 15.5. The van der Waals surface area contributed by atoms with Crippen LogP contribution in [-0.2, 0) is 4.79 Å². The molecule has 0 aromatic heterocycles. The summed E-state index contributed by atoms with van der Waals surface area (Å²) in [6.07, 6.45) is 3.89. The van der Waals surface area contributed by atoms with Gasteiger partial charge < -0.3 is 9.47 Å². The molecule has 0 aliphatic carbocycles. The molecule has 1 aliphatic heterocycles. The van der Waals surface area contributed by atoms with Gasteiger partial charge in [0, 0.05) is 12.5 Å². The number of esters is 1. The summed E-state index contributed by atoms with van der Waals surface area (Å²) in [5, 5.41) is 2.09. The van der Waals surface area contributed by atoms with Crippen LogP contribution in [0.15, 0.2) is 60.7 Å². The van der Waals surface area contributed by atoms with Gasteiger partial charge in [0.05, 0.1) is 0 Å². The summed E-state index contributed by atoms with van der Waals surface area (Å²) in [5.74, 6) is 0.715. The average Bonchev–Trinajstić information content (AvgIpc) is 2.62. The molecule has 0 radical (unpaired) electrons. The minimum atomic E-state index is -0.359. The van der Waals surface area contributed by atoms with E-state index in [1.165, 1.54) is 12.5 Å². The first-order valence-corrected chi connectivity index (χ1v) is 8.27. The lowest BCUT2D eigenvalue weighted by Gasteiger charge is -2.25. The molecule has 3 aromatic rings. The third-order valence-electron chi connectivity index (χ3n) is 4.35. The molecule has 0 saturated carbocycles. The highest BCUT2D eigenvalue weighted by Crippen LogP contribution is 2.44. The van der Waals surface area contributed by atoms with Gasteiger partial charge in [-0.1, -0.05) is 60.2 Å². The largest absolute Gasteiger partial charge is 0.477 e. The summed E-state index contributed by atoms with van der Waals surface area (Å²) in [5.41, 5.74) is 3.21. The van der Waals surface area contributed by atoms with Gasteiger partial charge in [0.1, 0.15) is 6.10 Å². The van der Waals surface area contributed by atoms with E-state index in [0.29, 0.717) is 11.5 Å². The highest BCUT2D eigenvalue weighted by molar-refractivity contribution is 5.96. The van der Waals surface area contributed by atoms with Crippen LogP contribution in [0.25, 0.3) is 16.8 Å². The minimum Gasteiger partial charge on any atom is -0.477 e. The maximum atomic E-state index is 11.5. The van der Waals surface area contributed by atoms with Crippen molar-refractivity contribution in [2.24, 2.45) is 0 Å². The average molecular weight is 330 g/mol. The second-order valence-electron chi connectivity index (χ2n) is 6.24. The van der Waals surface area contributed by atoms with E-state index in [-0.39, 0.29) is 12.1 Å². The zero-order valence-electron chi connectivity index (χ0n) is 14.2. The summed E-state index contributed by atoms with van der Waals surface area (Å²) in [4.78, 5) is 11.5. The smallest absolute Gasteiger partial charge is 0.308 e. The Bertz CT molecular complexity index is 984. The first-order chi connectivity index (χ1) is 12.1. The number of aryl methyl sites for hydroxylation is 1. The van der Waals surface area contributed by atoms with Gasteiger partial charge in [0.15, 0.2) is 11.5 Å². The molecular weight excluding hydrogens is 312 g/mol. The van der Waals surface area contributed by atoms with Crippen LogP contribution in [0.3, 0.4) is 0 Å². The molecule has 3 nitrogen and oxygen atoms in total. The lowest BCUT2D eigenvalue weighted by Crippen LogP contribution is -2.12. The lowest BCUT2D eigenvalue weighted by molar-refractivity contribution is -0.132. The van der Waals surface area contributed by atoms with E-state index in [4.69, 9.17) is 9.47 Å².